The SMILES string of the molecule is C=CCN(CCC)C(=O)[C@H]1[C@@H]2OC3(CC2Br)C(C(=O)N(CC=C)C(C)CCC)N(CCO)C(=O)[C@H]13. The van der Waals surface area contributed by atoms with E-state index in [9.17, 15) is 19.5 Å². The van der Waals surface area contributed by atoms with Gasteiger partial charge in [0.2, 0.25) is 17.7 Å². The zero-order valence-corrected chi connectivity index (χ0v) is 22.8. The fourth-order valence-corrected chi connectivity index (χ4v) is 7.27. The van der Waals surface area contributed by atoms with E-state index in [0.29, 0.717) is 26.1 Å². The second-order valence-corrected chi connectivity index (χ2v) is 11.1. The van der Waals surface area contributed by atoms with Gasteiger partial charge in [-0.25, -0.2) is 0 Å². The maximum Gasteiger partial charge on any atom is 0.248 e. The molecule has 0 aliphatic carbocycles. The Morgan fingerprint density at radius 1 is 1.26 bits per heavy atom. The summed E-state index contributed by atoms with van der Waals surface area (Å²) in [5.74, 6) is -2.08. The Hall–Kier alpha value is -1.71. The summed E-state index contributed by atoms with van der Waals surface area (Å²) in [5.41, 5.74) is -1.11. The molecule has 3 heterocycles. The number of β-amino-alcohol motifs (C(OH)–C–C–N with tert-alkyl or cyclic N) is 1. The first kappa shape index (κ1) is 27.9. The second kappa shape index (κ2) is 11.6. The molecule has 196 valence electrons. The maximum atomic E-state index is 14.1. The number of ether oxygens (including phenoxy) is 1. The fraction of sp³-hybridized carbons (Fsp3) is 0.731. The van der Waals surface area contributed by atoms with Gasteiger partial charge in [-0.2, -0.15) is 0 Å². The highest BCUT2D eigenvalue weighted by Gasteiger charge is 2.76. The minimum absolute atomic E-state index is 0.0187. The van der Waals surface area contributed by atoms with Gasteiger partial charge >= 0.3 is 0 Å². The van der Waals surface area contributed by atoms with Crippen molar-refractivity contribution in [2.75, 3.05) is 32.8 Å². The molecule has 8 nitrogen and oxygen atoms in total. The van der Waals surface area contributed by atoms with Crippen LogP contribution in [0, 0.1) is 11.8 Å². The van der Waals surface area contributed by atoms with Crippen molar-refractivity contribution < 1.29 is 24.2 Å². The summed E-state index contributed by atoms with van der Waals surface area (Å²) in [6.45, 7) is 14.7. The van der Waals surface area contributed by atoms with Crippen molar-refractivity contribution in [3.05, 3.63) is 25.3 Å². The van der Waals surface area contributed by atoms with Crippen LogP contribution >= 0.6 is 15.9 Å². The minimum atomic E-state index is -1.11. The molecule has 0 aromatic carbocycles. The molecule has 0 radical (unpaired) electrons. The molecule has 0 aromatic heterocycles. The third-order valence-electron chi connectivity index (χ3n) is 7.65. The number of alkyl halides is 1. The Labute approximate surface area is 217 Å². The summed E-state index contributed by atoms with van der Waals surface area (Å²) in [4.78, 5) is 46.5. The molecule has 3 saturated heterocycles. The number of hydrogen-bond donors (Lipinski definition) is 1. The van der Waals surface area contributed by atoms with Gasteiger partial charge in [0.05, 0.1) is 24.5 Å². The summed E-state index contributed by atoms with van der Waals surface area (Å²) in [7, 11) is 0. The van der Waals surface area contributed by atoms with Crippen molar-refractivity contribution >= 4 is 33.7 Å². The molecule has 3 rings (SSSR count). The number of nitrogens with zero attached hydrogens (tertiary/aromatic N) is 3. The van der Waals surface area contributed by atoms with E-state index in [4.69, 9.17) is 4.74 Å². The lowest BCUT2D eigenvalue weighted by molar-refractivity contribution is -0.150. The predicted octanol–water partition coefficient (Wildman–Crippen LogP) is 2.35. The number of likely N-dealkylation sites (tertiary alicyclic amines) is 1. The van der Waals surface area contributed by atoms with Crippen molar-refractivity contribution in [1.82, 2.24) is 14.7 Å². The Morgan fingerprint density at radius 3 is 2.51 bits per heavy atom. The zero-order valence-electron chi connectivity index (χ0n) is 21.2. The summed E-state index contributed by atoms with van der Waals surface area (Å²) < 4.78 is 6.55. The Balaban J connectivity index is 2.05. The molecular weight excluding hydrogens is 514 g/mol. The van der Waals surface area contributed by atoms with E-state index in [1.165, 1.54) is 4.90 Å². The first-order valence-electron chi connectivity index (χ1n) is 12.8. The summed E-state index contributed by atoms with van der Waals surface area (Å²) in [6, 6.07) is -0.941. The van der Waals surface area contributed by atoms with Crippen molar-refractivity contribution in [2.24, 2.45) is 11.8 Å². The first-order valence-corrected chi connectivity index (χ1v) is 13.7. The van der Waals surface area contributed by atoms with Crippen LogP contribution in [0.25, 0.3) is 0 Å². The van der Waals surface area contributed by atoms with E-state index in [1.54, 1.807) is 22.0 Å². The molecule has 3 amide bonds. The monoisotopic (exact) mass is 553 g/mol. The van der Waals surface area contributed by atoms with Gasteiger partial charge in [-0.05, 0) is 26.2 Å². The number of aliphatic hydroxyl groups is 1. The third-order valence-corrected chi connectivity index (χ3v) is 8.50. The number of hydrogen-bond acceptors (Lipinski definition) is 5. The van der Waals surface area contributed by atoms with Crippen LogP contribution in [-0.4, -0.2) is 98.9 Å². The normalized spacial score (nSPS) is 31.9. The van der Waals surface area contributed by atoms with Crippen LogP contribution in [0.2, 0.25) is 0 Å². The summed E-state index contributed by atoms with van der Waals surface area (Å²) >= 11 is 3.70. The van der Waals surface area contributed by atoms with Gasteiger partial charge in [0.1, 0.15) is 11.6 Å². The van der Waals surface area contributed by atoms with Gasteiger partial charge in [-0.15, -0.1) is 13.2 Å². The van der Waals surface area contributed by atoms with Crippen molar-refractivity contribution in [3.63, 3.8) is 0 Å². The van der Waals surface area contributed by atoms with Crippen LogP contribution in [0.3, 0.4) is 0 Å². The topological polar surface area (TPSA) is 90.4 Å². The van der Waals surface area contributed by atoms with Gasteiger partial charge in [-0.3, -0.25) is 14.4 Å². The zero-order chi connectivity index (χ0) is 25.9. The third kappa shape index (κ3) is 4.71. The standard InChI is InChI=1S/C26H40BrN3O5/c1-6-10-17(5)29(13-9-4)25(34)22-26-16-18(27)21(35-26)19(20(26)24(33)30(22)14-15-31)23(32)28(11-7-2)12-8-3/h7,9,17-22,31H,2,4,6,8,10-16H2,1,3,5H3/t17?,18?,19-,20+,21-,22?,26?/m1/s1. The molecule has 2 bridgehead atoms. The average molecular weight is 555 g/mol. The van der Waals surface area contributed by atoms with Crippen LogP contribution in [-0.2, 0) is 19.1 Å². The van der Waals surface area contributed by atoms with E-state index in [2.05, 4.69) is 36.0 Å². The largest absolute Gasteiger partial charge is 0.395 e. The molecular formula is C26H40BrN3O5. The van der Waals surface area contributed by atoms with Crippen LogP contribution < -0.4 is 0 Å². The van der Waals surface area contributed by atoms with Crippen molar-refractivity contribution in [1.29, 1.82) is 0 Å². The van der Waals surface area contributed by atoms with Crippen LogP contribution in [0.5, 0.6) is 0 Å². The summed E-state index contributed by atoms with van der Waals surface area (Å²) in [6.07, 6.45) is 5.85. The maximum absolute atomic E-state index is 14.1. The number of carbonyl (C=O) groups is 3. The highest BCUT2D eigenvalue weighted by Crippen LogP contribution is 2.60. The van der Waals surface area contributed by atoms with Crippen LogP contribution in [0.1, 0.15) is 46.5 Å². The molecule has 0 saturated carbocycles. The molecule has 35 heavy (non-hydrogen) atoms. The highest BCUT2D eigenvalue weighted by molar-refractivity contribution is 9.09. The number of amides is 3. The van der Waals surface area contributed by atoms with E-state index in [-0.39, 0.29) is 41.7 Å². The molecule has 3 aliphatic rings. The lowest BCUT2D eigenvalue weighted by Crippen LogP contribution is -2.58. The van der Waals surface area contributed by atoms with E-state index >= 15 is 0 Å². The smallest absolute Gasteiger partial charge is 0.248 e. The number of carbonyl (C=O) groups excluding carboxylic acids is 3. The number of halogens is 1. The first-order chi connectivity index (χ1) is 16.7. The molecule has 4 unspecified atom stereocenters. The molecule has 3 fully saturated rings. The van der Waals surface area contributed by atoms with Crippen LogP contribution in [0.4, 0.5) is 0 Å². The Morgan fingerprint density at radius 2 is 1.94 bits per heavy atom. The van der Waals surface area contributed by atoms with Crippen LogP contribution in [0.15, 0.2) is 25.3 Å². The number of rotatable bonds is 13. The second-order valence-electron chi connectivity index (χ2n) is 9.91. The molecule has 1 spiro atoms. The van der Waals surface area contributed by atoms with E-state index in [0.717, 1.165) is 19.3 Å². The van der Waals surface area contributed by atoms with Gasteiger partial charge < -0.3 is 24.5 Å². The fourth-order valence-electron chi connectivity index (χ4n) is 6.32. The predicted molar refractivity (Wildman–Crippen MR) is 138 cm³/mol. The van der Waals surface area contributed by atoms with E-state index in [1.807, 2.05) is 13.8 Å². The van der Waals surface area contributed by atoms with E-state index < -0.39 is 29.6 Å². The molecule has 7 atom stereocenters. The molecule has 1 N–H and O–H groups in total. The van der Waals surface area contributed by atoms with Gasteiger partial charge in [0.15, 0.2) is 0 Å². The Kier molecular flexibility index (Phi) is 9.21. The Bertz CT molecular complexity index is 838. The van der Waals surface area contributed by atoms with Crippen molar-refractivity contribution in [3.8, 4) is 0 Å². The number of aliphatic hydroxyl groups excluding tert-OH is 1. The van der Waals surface area contributed by atoms with Crippen molar-refractivity contribution in [2.45, 2.75) is 75.1 Å². The molecule has 0 aromatic rings. The quantitative estimate of drug-likeness (QED) is 0.279. The molecule has 9 heteroatoms. The lowest BCUT2D eigenvalue weighted by Gasteiger charge is -2.39. The number of fused-ring (bicyclic) bond motifs is 1. The lowest BCUT2D eigenvalue weighted by atomic mass is 9.70. The minimum Gasteiger partial charge on any atom is -0.395 e. The van der Waals surface area contributed by atoms with Gasteiger partial charge in [0.25, 0.3) is 0 Å². The average Bonchev–Trinajstić information content (AvgIpc) is 3.40. The van der Waals surface area contributed by atoms with Gasteiger partial charge in [-0.1, -0.05) is 48.4 Å². The summed E-state index contributed by atoms with van der Waals surface area (Å²) in [5, 5.41) is 9.79. The van der Waals surface area contributed by atoms with Gasteiger partial charge in [0, 0.05) is 37.0 Å². The molecule has 3 aliphatic heterocycles. The highest BCUT2D eigenvalue weighted by atomic mass is 79.9.